The van der Waals surface area contributed by atoms with Crippen molar-refractivity contribution >= 4 is 5.97 Å². The van der Waals surface area contributed by atoms with Crippen LogP contribution in [0.3, 0.4) is 0 Å². The SMILES string of the molecule is CCC1(CCCCCCCCCCCCCCC(=O)O)COC(C)(C)N1O. The number of carboxylic acids is 1. The minimum atomic E-state index is -0.672. The van der Waals surface area contributed by atoms with Crippen LogP contribution in [0.25, 0.3) is 0 Å². The maximum atomic E-state index is 10.5. The van der Waals surface area contributed by atoms with E-state index in [9.17, 15) is 10.0 Å². The summed E-state index contributed by atoms with van der Waals surface area (Å²) in [6.07, 6.45) is 16.8. The molecule has 0 amide bonds. The average Bonchev–Trinajstić information content (AvgIpc) is 2.86. The van der Waals surface area contributed by atoms with Gasteiger partial charge in [-0.15, -0.1) is 0 Å². The highest BCUT2D eigenvalue weighted by molar-refractivity contribution is 5.66. The molecular weight excluding hydrogens is 342 g/mol. The molecule has 1 fully saturated rings. The predicted octanol–water partition coefficient (Wildman–Crippen LogP) is 6.14. The number of ether oxygens (including phenoxy) is 1. The highest BCUT2D eigenvalue weighted by atomic mass is 16.6. The molecule has 1 heterocycles. The molecule has 27 heavy (non-hydrogen) atoms. The molecule has 0 spiro atoms. The molecule has 0 bridgehead atoms. The molecule has 160 valence electrons. The molecule has 0 aromatic heterocycles. The quantitative estimate of drug-likeness (QED) is 0.312. The summed E-state index contributed by atoms with van der Waals surface area (Å²) in [5, 5.41) is 20.5. The maximum Gasteiger partial charge on any atom is 0.303 e. The van der Waals surface area contributed by atoms with Crippen LogP contribution in [-0.2, 0) is 9.53 Å². The number of unbranched alkanes of at least 4 members (excludes halogenated alkanes) is 11. The molecule has 5 heteroatoms. The first kappa shape index (κ1) is 24.4. The van der Waals surface area contributed by atoms with Crippen LogP contribution in [0.15, 0.2) is 0 Å². The summed E-state index contributed by atoms with van der Waals surface area (Å²) < 4.78 is 5.78. The molecule has 5 nitrogen and oxygen atoms in total. The van der Waals surface area contributed by atoms with E-state index in [1.807, 2.05) is 13.8 Å². The van der Waals surface area contributed by atoms with E-state index in [4.69, 9.17) is 9.84 Å². The monoisotopic (exact) mass is 385 g/mol. The molecular formula is C22H43NO4. The van der Waals surface area contributed by atoms with Gasteiger partial charge in [0, 0.05) is 6.42 Å². The largest absolute Gasteiger partial charge is 0.481 e. The third kappa shape index (κ3) is 8.93. The van der Waals surface area contributed by atoms with Gasteiger partial charge in [-0.25, -0.2) is 0 Å². The van der Waals surface area contributed by atoms with E-state index in [1.54, 1.807) is 0 Å². The lowest BCUT2D eigenvalue weighted by Gasteiger charge is -2.36. The predicted molar refractivity (Wildman–Crippen MR) is 109 cm³/mol. The Morgan fingerprint density at radius 1 is 0.889 bits per heavy atom. The molecule has 1 aliphatic heterocycles. The fourth-order valence-electron chi connectivity index (χ4n) is 4.11. The van der Waals surface area contributed by atoms with Crippen molar-refractivity contribution in [1.82, 2.24) is 5.06 Å². The average molecular weight is 386 g/mol. The second kappa shape index (κ2) is 12.7. The second-order valence-electron chi connectivity index (χ2n) is 8.76. The molecule has 0 aliphatic carbocycles. The van der Waals surface area contributed by atoms with E-state index in [0.717, 1.165) is 32.1 Å². The number of hydroxylamine groups is 2. The van der Waals surface area contributed by atoms with Crippen LogP contribution >= 0.6 is 0 Å². The molecule has 2 N–H and O–H groups in total. The van der Waals surface area contributed by atoms with E-state index in [-0.39, 0.29) is 5.54 Å². The summed E-state index contributed by atoms with van der Waals surface area (Å²) in [5.74, 6) is -0.672. The highest BCUT2D eigenvalue weighted by Crippen LogP contribution is 2.38. The minimum absolute atomic E-state index is 0.200. The highest BCUT2D eigenvalue weighted by Gasteiger charge is 2.49. The van der Waals surface area contributed by atoms with Crippen LogP contribution in [0.5, 0.6) is 0 Å². The van der Waals surface area contributed by atoms with E-state index in [1.165, 1.54) is 62.9 Å². The molecule has 0 saturated carbocycles. The van der Waals surface area contributed by atoms with Gasteiger partial charge in [-0.2, -0.15) is 5.06 Å². The van der Waals surface area contributed by atoms with Crippen LogP contribution in [0.1, 0.15) is 117 Å². The topological polar surface area (TPSA) is 70.0 Å². The third-order valence-electron chi connectivity index (χ3n) is 6.09. The van der Waals surface area contributed by atoms with Gasteiger partial charge in [0.1, 0.15) is 5.72 Å². The van der Waals surface area contributed by atoms with Crippen molar-refractivity contribution in [3.05, 3.63) is 0 Å². The second-order valence-corrected chi connectivity index (χ2v) is 8.76. The molecule has 0 aromatic rings. The van der Waals surface area contributed by atoms with Crippen LogP contribution in [0, 0.1) is 0 Å². The van der Waals surface area contributed by atoms with Crippen molar-refractivity contribution in [2.75, 3.05) is 6.61 Å². The summed E-state index contributed by atoms with van der Waals surface area (Å²) in [7, 11) is 0. The Hall–Kier alpha value is -0.650. The molecule has 1 aliphatic rings. The van der Waals surface area contributed by atoms with Gasteiger partial charge in [-0.05, 0) is 33.1 Å². The van der Waals surface area contributed by atoms with Crippen molar-refractivity contribution < 1.29 is 19.8 Å². The Balaban J connectivity index is 1.93. The summed E-state index contributed by atoms with van der Waals surface area (Å²) in [4.78, 5) is 10.4. The van der Waals surface area contributed by atoms with Gasteiger partial charge in [0.05, 0.1) is 12.1 Å². The van der Waals surface area contributed by atoms with Gasteiger partial charge >= 0.3 is 5.97 Å². The summed E-state index contributed by atoms with van der Waals surface area (Å²) in [6, 6.07) is 0. The van der Waals surface area contributed by atoms with E-state index in [2.05, 4.69) is 6.92 Å². The summed E-state index contributed by atoms with van der Waals surface area (Å²) in [6.45, 7) is 6.63. The van der Waals surface area contributed by atoms with Gasteiger partial charge in [0.2, 0.25) is 0 Å². The number of rotatable bonds is 16. The lowest BCUT2D eigenvalue weighted by Crippen LogP contribution is -2.50. The Morgan fingerprint density at radius 3 is 1.70 bits per heavy atom. The molecule has 0 radical (unpaired) electrons. The van der Waals surface area contributed by atoms with Crippen molar-refractivity contribution in [1.29, 1.82) is 0 Å². The van der Waals surface area contributed by atoms with Gasteiger partial charge in [-0.1, -0.05) is 77.6 Å². The first-order valence-electron chi connectivity index (χ1n) is 11.2. The number of hydrogen-bond acceptors (Lipinski definition) is 4. The zero-order chi connectivity index (χ0) is 20.2. The zero-order valence-electron chi connectivity index (χ0n) is 18.0. The number of nitrogens with zero attached hydrogens (tertiary/aromatic N) is 1. The minimum Gasteiger partial charge on any atom is -0.481 e. The summed E-state index contributed by atoms with van der Waals surface area (Å²) in [5.41, 5.74) is -0.764. The van der Waals surface area contributed by atoms with Gasteiger partial charge in [-0.3, -0.25) is 4.79 Å². The fourth-order valence-corrected chi connectivity index (χ4v) is 4.11. The lowest BCUT2D eigenvalue weighted by atomic mass is 9.89. The molecule has 1 saturated heterocycles. The Kier molecular flexibility index (Phi) is 11.5. The van der Waals surface area contributed by atoms with Crippen LogP contribution < -0.4 is 0 Å². The number of hydrogen-bond donors (Lipinski definition) is 2. The Morgan fingerprint density at radius 2 is 1.33 bits per heavy atom. The van der Waals surface area contributed by atoms with Gasteiger partial charge < -0.3 is 15.1 Å². The Labute approximate surface area is 166 Å². The van der Waals surface area contributed by atoms with Crippen molar-refractivity contribution in [2.24, 2.45) is 0 Å². The first-order chi connectivity index (χ1) is 12.8. The van der Waals surface area contributed by atoms with Crippen LogP contribution in [0.4, 0.5) is 0 Å². The number of aliphatic carboxylic acids is 1. The molecule has 1 rings (SSSR count). The molecule has 1 atom stereocenters. The summed E-state index contributed by atoms with van der Waals surface area (Å²) >= 11 is 0. The number of carbonyl (C=O) groups is 1. The van der Waals surface area contributed by atoms with Crippen LogP contribution in [0.2, 0.25) is 0 Å². The van der Waals surface area contributed by atoms with E-state index < -0.39 is 11.7 Å². The van der Waals surface area contributed by atoms with Crippen molar-refractivity contribution in [3.63, 3.8) is 0 Å². The normalized spacial score (nSPS) is 22.4. The van der Waals surface area contributed by atoms with E-state index in [0.29, 0.717) is 13.0 Å². The first-order valence-corrected chi connectivity index (χ1v) is 11.2. The fraction of sp³-hybridized carbons (Fsp3) is 0.955. The third-order valence-corrected chi connectivity index (χ3v) is 6.09. The zero-order valence-corrected chi connectivity index (χ0v) is 18.0. The smallest absolute Gasteiger partial charge is 0.303 e. The molecule has 1 unspecified atom stereocenters. The van der Waals surface area contributed by atoms with Gasteiger partial charge in [0.25, 0.3) is 0 Å². The van der Waals surface area contributed by atoms with Crippen LogP contribution in [-0.4, -0.2) is 39.2 Å². The molecule has 0 aromatic carbocycles. The standard InChI is InChI=1S/C22H43NO4/c1-4-22(19-27-21(2,3)23(22)26)18-16-14-12-10-8-6-5-7-9-11-13-15-17-20(24)25/h26H,4-19H2,1-3H3,(H,24,25). The number of carboxylic acid groups (broad SMARTS) is 1. The van der Waals surface area contributed by atoms with Crippen molar-refractivity contribution in [3.8, 4) is 0 Å². The van der Waals surface area contributed by atoms with Crippen molar-refractivity contribution in [2.45, 2.75) is 128 Å². The Bertz CT molecular complexity index is 413. The van der Waals surface area contributed by atoms with E-state index >= 15 is 0 Å². The lowest BCUT2D eigenvalue weighted by molar-refractivity contribution is -0.241. The maximum absolute atomic E-state index is 10.5. The van der Waals surface area contributed by atoms with Gasteiger partial charge in [0.15, 0.2) is 0 Å².